The Kier molecular flexibility index (Phi) is 6.09. The summed E-state index contributed by atoms with van der Waals surface area (Å²) in [4.78, 5) is 17.4. The topological polar surface area (TPSA) is 75.6 Å². The van der Waals surface area contributed by atoms with Crippen LogP contribution in [0.2, 0.25) is 0 Å². The maximum Gasteiger partial charge on any atom is 0.225 e. The van der Waals surface area contributed by atoms with Gasteiger partial charge in [-0.3, -0.25) is 9.97 Å². The molecule has 0 amide bonds. The Hall–Kier alpha value is -3.02. The van der Waals surface area contributed by atoms with Crippen molar-refractivity contribution in [2.45, 2.75) is 32.7 Å². The van der Waals surface area contributed by atoms with Crippen molar-refractivity contribution in [2.75, 3.05) is 17.2 Å². The summed E-state index contributed by atoms with van der Waals surface area (Å²) in [6.45, 7) is 5.05. The molecule has 0 bridgehead atoms. The highest BCUT2D eigenvalue weighted by atomic mass is 15.2. The van der Waals surface area contributed by atoms with Gasteiger partial charge in [0.2, 0.25) is 5.95 Å². The van der Waals surface area contributed by atoms with Gasteiger partial charge in [-0.1, -0.05) is 6.92 Å². The van der Waals surface area contributed by atoms with E-state index in [0.29, 0.717) is 12.0 Å². The molecule has 0 unspecified atom stereocenters. The fraction of sp³-hybridized carbons (Fsp3) is 0.300. The summed E-state index contributed by atoms with van der Waals surface area (Å²) in [5.74, 6) is 1.45. The van der Waals surface area contributed by atoms with Crippen LogP contribution in [0.15, 0.2) is 55.1 Å². The van der Waals surface area contributed by atoms with Crippen molar-refractivity contribution in [1.82, 2.24) is 19.9 Å². The third-order valence-electron chi connectivity index (χ3n) is 4.16. The summed E-state index contributed by atoms with van der Waals surface area (Å²) in [5, 5.41) is 6.77. The van der Waals surface area contributed by atoms with Crippen LogP contribution in [-0.2, 0) is 6.42 Å². The molecule has 0 saturated heterocycles. The van der Waals surface area contributed by atoms with Crippen molar-refractivity contribution in [3.05, 3.63) is 60.7 Å². The third kappa shape index (κ3) is 4.99. The molecule has 3 aromatic heterocycles. The lowest BCUT2D eigenvalue weighted by molar-refractivity contribution is 0.753. The van der Waals surface area contributed by atoms with Gasteiger partial charge >= 0.3 is 0 Å². The zero-order valence-corrected chi connectivity index (χ0v) is 15.2. The lowest BCUT2D eigenvalue weighted by atomic mass is 10.2. The first-order chi connectivity index (χ1) is 12.7. The standard InChI is InChI=1S/C20H24N6/c1-3-15(2)24-20-25-18(17-7-11-22-12-8-17)14-19(26-20)23-13-6-16-4-9-21-10-5-16/h4-5,7-12,14-15H,3,6,13H2,1-2H3,(H2,23,24,25,26)/t15-/m0/s1. The van der Waals surface area contributed by atoms with Crippen LogP contribution in [-0.4, -0.2) is 32.5 Å². The number of nitrogens with zero attached hydrogens (tertiary/aromatic N) is 4. The number of pyridine rings is 2. The van der Waals surface area contributed by atoms with Gasteiger partial charge in [0, 0.05) is 49.0 Å². The smallest absolute Gasteiger partial charge is 0.225 e. The summed E-state index contributed by atoms with van der Waals surface area (Å²) in [5.41, 5.74) is 3.14. The lowest BCUT2D eigenvalue weighted by Gasteiger charge is -2.14. The van der Waals surface area contributed by atoms with E-state index in [9.17, 15) is 0 Å². The molecule has 0 aliphatic carbocycles. The number of aromatic nitrogens is 4. The Labute approximate surface area is 154 Å². The van der Waals surface area contributed by atoms with Crippen LogP contribution >= 0.6 is 0 Å². The van der Waals surface area contributed by atoms with E-state index in [2.05, 4.69) is 44.4 Å². The average molecular weight is 348 g/mol. The molecular weight excluding hydrogens is 324 g/mol. The number of anilines is 2. The molecule has 134 valence electrons. The molecule has 2 N–H and O–H groups in total. The molecule has 0 aliphatic rings. The van der Waals surface area contributed by atoms with E-state index < -0.39 is 0 Å². The molecule has 3 rings (SSSR count). The van der Waals surface area contributed by atoms with Gasteiger partial charge in [0.1, 0.15) is 5.82 Å². The van der Waals surface area contributed by atoms with E-state index in [4.69, 9.17) is 0 Å². The number of rotatable bonds is 8. The first kappa shape index (κ1) is 17.8. The predicted octanol–water partition coefficient (Wildman–Crippen LogP) is 3.80. The highest BCUT2D eigenvalue weighted by Crippen LogP contribution is 2.21. The van der Waals surface area contributed by atoms with Crippen LogP contribution < -0.4 is 10.6 Å². The SMILES string of the molecule is CC[C@H](C)Nc1nc(NCCc2ccncc2)cc(-c2ccncc2)n1. The first-order valence-electron chi connectivity index (χ1n) is 8.93. The van der Waals surface area contributed by atoms with Crippen molar-refractivity contribution >= 4 is 11.8 Å². The molecule has 6 heteroatoms. The number of hydrogen-bond donors (Lipinski definition) is 2. The summed E-state index contributed by atoms with van der Waals surface area (Å²) >= 11 is 0. The van der Waals surface area contributed by atoms with E-state index in [-0.39, 0.29) is 0 Å². The second-order valence-corrected chi connectivity index (χ2v) is 6.18. The summed E-state index contributed by atoms with van der Waals surface area (Å²) < 4.78 is 0. The van der Waals surface area contributed by atoms with Crippen molar-refractivity contribution < 1.29 is 0 Å². The number of nitrogens with one attached hydrogen (secondary N) is 2. The fourth-order valence-electron chi connectivity index (χ4n) is 2.48. The zero-order chi connectivity index (χ0) is 18.2. The monoisotopic (exact) mass is 348 g/mol. The molecule has 0 saturated carbocycles. The highest BCUT2D eigenvalue weighted by molar-refractivity contribution is 5.63. The minimum Gasteiger partial charge on any atom is -0.370 e. The van der Waals surface area contributed by atoms with Crippen LogP contribution in [0.1, 0.15) is 25.8 Å². The van der Waals surface area contributed by atoms with Gasteiger partial charge < -0.3 is 10.6 Å². The first-order valence-corrected chi connectivity index (χ1v) is 8.93. The Morgan fingerprint density at radius 3 is 2.35 bits per heavy atom. The Balaban J connectivity index is 1.77. The second kappa shape index (κ2) is 8.89. The molecule has 0 spiro atoms. The van der Waals surface area contributed by atoms with Crippen molar-refractivity contribution in [1.29, 1.82) is 0 Å². The van der Waals surface area contributed by atoms with Gasteiger partial charge in [0.05, 0.1) is 5.69 Å². The molecule has 3 heterocycles. The molecule has 3 aromatic rings. The van der Waals surface area contributed by atoms with Crippen molar-refractivity contribution in [3.8, 4) is 11.3 Å². The molecule has 0 radical (unpaired) electrons. The summed E-state index contributed by atoms with van der Waals surface area (Å²) in [6, 6.07) is 10.3. The quantitative estimate of drug-likeness (QED) is 0.645. The van der Waals surface area contributed by atoms with Crippen LogP contribution in [0.5, 0.6) is 0 Å². The van der Waals surface area contributed by atoms with Gasteiger partial charge in [-0.05, 0) is 49.6 Å². The van der Waals surface area contributed by atoms with Crippen molar-refractivity contribution in [2.24, 2.45) is 0 Å². The Bertz CT molecular complexity index is 807. The van der Waals surface area contributed by atoms with E-state index in [1.165, 1.54) is 5.56 Å². The van der Waals surface area contributed by atoms with Crippen LogP contribution in [0, 0.1) is 0 Å². The largest absolute Gasteiger partial charge is 0.370 e. The van der Waals surface area contributed by atoms with Gasteiger partial charge in [0.25, 0.3) is 0 Å². The van der Waals surface area contributed by atoms with E-state index in [1.54, 1.807) is 12.4 Å². The predicted molar refractivity (Wildman–Crippen MR) is 105 cm³/mol. The molecular formula is C20H24N6. The zero-order valence-electron chi connectivity index (χ0n) is 15.2. The molecule has 0 aliphatic heterocycles. The number of hydrogen-bond acceptors (Lipinski definition) is 6. The van der Waals surface area contributed by atoms with E-state index in [1.807, 2.05) is 42.7 Å². The lowest BCUT2D eigenvalue weighted by Crippen LogP contribution is -2.17. The highest BCUT2D eigenvalue weighted by Gasteiger charge is 2.08. The van der Waals surface area contributed by atoms with Crippen LogP contribution in [0.25, 0.3) is 11.3 Å². The van der Waals surface area contributed by atoms with Gasteiger partial charge in [0.15, 0.2) is 0 Å². The second-order valence-electron chi connectivity index (χ2n) is 6.18. The normalized spacial score (nSPS) is 11.8. The Morgan fingerprint density at radius 1 is 0.962 bits per heavy atom. The maximum atomic E-state index is 4.66. The summed E-state index contributed by atoms with van der Waals surface area (Å²) in [6.07, 6.45) is 9.09. The molecule has 26 heavy (non-hydrogen) atoms. The van der Waals surface area contributed by atoms with Gasteiger partial charge in [-0.15, -0.1) is 0 Å². The average Bonchev–Trinajstić information content (AvgIpc) is 2.69. The molecule has 0 fully saturated rings. The minimum absolute atomic E-state index is 0.312. The van der Waals surface area contributed by atoms with Crippen LogP contribution in [0.4, 0.5) is 11.8 Å². The minimum atomic E-state index is 0.312. The Morgan fingerprint density at radius 2 is 1.65 bits per heavy atom. The molecule has 1 atom stereocenters. The molecule has 6 nitrogen and oxygen atoms in total. The maximum absolute atomic E-state index is 4.66. The van der Waals surface area contributed by atoms with Gasteiger partial charge in [-0.25, -0.2) is 4.98 Å². The third-order valence-corrected chi connectivity index (χ3v) is 4.16. The van der Waals surface area contributed by atoms with E-state index in [0.717, 1.165) is 36.5 Å². The van der Waals surface area contributed by atoms with Gasteiger partial charge in [-0.2, -0.15) is 4.98 Å². The molecule has 0 aromatic carbocycles. The van der Waals surface area contributed by atoms with Crippen molar-refractivity contribution in [3.63, 3.8) is 0 Å². The summed E-state index contributed by atoms with van der Waals surface area (Å²) in [7, 11) is 0. The van der Waals surface area contributed by atoms with E-state index >= 15 is 0 Å². The fourth-order valence-corrected chi connectivity index (χ4v) is 2.48. The van der Waals surface area contributed by atoms with Crippen LogP contribution in [0.3, 0.4) is 0 Å².